The number of methoxy groups -OCH3 is 1. The minimum absolute atomic E-state index is 0.0355. The van der Waals surface area contributed by atoms with Crippen molar-refractivity contribution in [2.45, 2.75) is 0 Å². The molecule has 1 aromatic heterocycles. The number of carbonyl (C=O) groups excluding carboxylic acids is 1. The van der Waals surface area contributed by atoms with Crippen molar-refractivity contribution in [1.82, 2.24) is 9.78 Å². The largest absolute Gasteiger partial charge is 0.493 e. The van der Waals surface area contributed by atoms with Gasteiger partial charge in [-0.2, -0.15) is 5.10 Å². The van der Waals surface area contributed by atoms with E-state index in [-0.39, 0.29) is 17.1 Å². The van der Waals surface area contributed by atoms with Crippen LogP contribution >= 0.6 is 0 Å². The van der Waals surface area contributed by atoms with E-state index >= 15 is 0 Å². The van der Waals surface area contributed by atoms with Crippen molar-refractivity contribution in [3.63, 3.8) is 0 Å². The van der Waals surface area contributed by atoms with E-state index in [9.17, 15) is 9.59 Å². The van der Waals surface area contributed by atoms with Crippen molar-refractivity contribution in [3.8, 4) is 11.5 Å². The Hall–Kier alpha value is -2.83. The molecule has 0 aliphatic rings. The summed E-state index contributed by atoms with van der Waals surface area (Å²) in [6.07, 6.45) is 0. The van der Waals surface area contributed by atoms with Gasteiger partial charge in [-0.1, -0.05) is 12.1 Å². The van der Waals surface area contributed by atoms with E-state index in [0.29, 0.717) is 5.75 Å². The number of carbonyl (C=O) groups is 2. The number of esters is 1. The monoisotopic (exact) mass is 276 g/mol. The molecule has 0 fully saturated rings. The van der Waals surface area contributed by atoms with Gasteiger partial charge >= 0.3 is 11.9 Å². The van der Waals surface area contributed by atoms with Gasteiger partial charge in [0, 0.05) is 13.1 Å². The molecule has 0 unspecified atom stereocenters. The van der Waals surface area contributed by atoms with Crippen molar-refractivity contribution >= 4 is 11.9 Å². The minimum atomic E-state index is -1.21. The molecular weight excluding hydrogens is 264 g/mol. The number of carboxylic acids is 1. The number of carboxylic acid groups (broad SMARTS) is 1. The SMILES string of the molecule is COc1ccccc1OC(=O)c1cc(C(=O)O)nn1C. The molecule has 0 saturated carbocycles. The molecule has 0 amide bonds. The summed E-state index contributed by atoms with van der Waals surface area (Å²) in [5, 5.41) is 12.5. The lowest BCUT2D eigenvalue weighted by atomic mass is 10.3. The first-order valence-electron chi connectivity index (χ1n) is 5.65. The summed E-state index contributed by atoms with van der Waals surface area (Å²) in [6, 6.07) is 7.81. The highest BCUT2D eigenvalue weighted by molar-refractivity contribution is 5.93. The number of para-hydroxylation sites is 2. The molecule has 1 aromatic carbocycles. The Morgan fingerprint density at radius 3 is 2.45 bits per heavy atom. The van der Waals surface area contributed by atoms with Crippen molar-refractivity contribution in [3.05, 3.63) is 41.7 Å². The number of aryl methyl sites for hydroxylation is 1. The molecule has 0 saturated heterocycles. The van der Waals surface area contributed by atoms with Crippen LogP contribution in [0.4, 0.5) is 0 Å². The zero-order valence-corrected chi connectivity index (χ0v) is 10.9. The van der Waals surface area contributed by atoms with Gasteiger partial charge in [0.15, 0.2) is 17.2 Å². The normalized spacial score (nSPS) is 10.1. The van der Waals surface area contributed by atoms with Gasteiger partial charge < -0.3 is 14.6 Å². The van der Waals surface area contributed by atoms with Crippen LogP contribution in [0.15, 0.2) is 30.3 Å². The van der Waals surface area contributed by atoms with Crippen LogP contribution in [-0.2, 0) is 7.05 Å². The highest BCUT2D eigenvalue weighted by Gasteiger charge is 2.19. The zero-order valence-electron chi connectivity index (χ0n) is 10.9. The predicted octanol–water partition coefficient (Wildman–Crippen LogP) is 1.35. The quantitative estimate of drug-likeness (QED) is 0.669. The third kappa shape index (κ3) is 2.61. The molecule has 0 spiro atoms. The van der Waals surface area contributed by atoms with Gasteiger partial charge in [0.2, 0.25) is 0 Å². The first-order chi connectivity index (χ1) is 9.52. The lowest BCUT2D eigenvalue weighted by molar-refractivity contribution is 0.0687. The molecule has 0 radical (unpaired) electrons. The Kier molecular flexibility index (Phi) is 3.69. The third-order valence-electron chi connectivity index (χ3n) is 2.58. The van der Waals surface area contributed by atoms with Crippen LogP contribution in [0.1, 0.15) is 21.0 Å². The lowest BCUT2D eigenvalue weighted by Crippen LogP contribution is -2.13. The minimum Gasteiger partial charge on any atom is -0.493 e. The van der Waals surface area contributed by atoms with E-state index in [4.69, 9.17) is 14.6 Å². The molecular formula is C13H12N2O5. The first-order valence-corrected chi connectivity index (χ1v) is 5.65. The van der Waals surface area contributed by atoms with Crippen LogP contribution < -0.4 is 9.47 Å². The van der Waals surface area contributed by atoms with Gasteiger partial charge in [-0.3, -0.25) is 4.68 Å². The number of aromatic carboxylic acids is 1. The van der Waals surface area contributed by atoms with Crippen LogP contribution in [0.2, 0.25) is 0 Å². The van der Waals surface area contributed by atoms with E-state index in [2.05, 4.69) is 5.10 Å². The average Bonchev–Trinajstić information content (AvgIpc) is 2.82. The molecule has 0 bridgehead atoms. The summed E-state index contributed by atoms with van der Waals surface area (Å²) >= 11 is 0. The summed E-state index contributed by atoms with van der Waals surface area (Å²) in [4.78, 5) is 22.8. The van der Waals surface area contributed by atoms with E-state index < -0.39 is 11.9 Å². The maximum absolute atomic E-state index is 12.0. The summed E-state index contributed by atoms with van der Waals surface area (Å²) in [5.41, 5.74) is -0.187. The summed E-state index contributed by atoms with van der Waals surface area (Å²) in [7, 11) is 2.92. The second kappa shape index (κ2) is 5.43. The molecule has 0 atom stereocenters. The van der Waals surface area contributed by atoms with Gasteiger partial charge in [-0.15, -0.1) is 0 Å². The maximum Gasteiger partial charge on any atom is 0.362 e. The highest BCUT2D eigenvalue weighted by atomic mass is 16.6. The topological polar surface area (TPSA) is 90.7 Å². The van der Waals surface area contributed by atoms with Crippen LogP contribution in [0.25, 0.3) is 0 Å². The third-order valence-corrected chi connectivity index (χ3v) is 2.58. The molecule has 2 aromatic rings. The fourth-order valence-corrected chi connectivity index (χ4v) is 1.62. The Labute approximate surface area is 114 Å². The van der Waals surface area contributed by atoms with E-state index in [1.165, 1.54) is 14.2 Å². The highest BCUT2D eigenvalue weighted by Crippen LogP contribution is 2.26. The zero-order chi connectivity index (χ0) is 14.7. The maximum atomic E-state index is 12.0. The van der Waals surface area contributed by atoms with E-state index in [1.54, 1.807) is 24.3 Å². The first kappa shape index (κ1) is 13.6. The van der Waals surface area contributed by atoms with Crippen molar-refractivity contribution in [1.29, 1.82) is 0 Å². The smallest absolute Gasteiger partial charge is 0.362 e. The van der Waals surface area contributed by atoms with E-state index in [0.717, 1.165) is 10.7 Å². The Morgan fingerprint density at radius 1 is 1.25 bits per heavy atom. The lowest BCUT2D eigenvalue weighted by Gasteiger charge is -2.08. The molecule has 0 aliphatic carbocycles. The molecule has 2 rings (SSSR count). The van der Waals surface area contributed by atoms with Crippen LogP contribution in [0, 0.1) is 0 Å². The van der Waals surface area contributed by atoms with Crippen LogP contribution in [0.3, 0.4) is 0 Å². The molecule has 1 N–H and O–H groups in total. The summed E-state index contributed by atoms with van der Waals surface area (Å²) in [6.45, 7) is 0. The van der Waals surface area contributed by atoms with Gasteiger partial charge in [0.05, 0.1) is 7.11 Å². The fourth-order valence-electron chi connectivity index (χ4n) is 1.62. The van der Waals surface area contributed by atoms with Crippen molar-refractivity contribution in [2.75, 3.05) is 7.11 Å². The average molecular weight is 276 g/mol. The number of nitrogens with zero attached hydrogens (tertiary/aromatic N) is 2. The second-order valence-electron chi connectivity index (χ2n) is 3.88. The van der Waals surface area contributed by atoms with Gasteiger partial charge in [0.25, 0.3) is 0 Å². The molecule has 20 heavy (non-hydrogen) atoms. The van der Waals surface area contributed by atoms with Crippen LogP contribution in [-0.4, -0.2) is 33.9 Å². The molecule has 1 heterocycles. The summed E-state index contributed by atoms with van der Waals surface area (Å²) < 4.78 is 11.4. The number of hydrogen-bond acceptors (Lipinski definition) is 5. The number of benzene rings is 1. The molecule has 7 heteroatoms. The number of ether oxygens (including phenoxy) is 2. The fraction of sp³-hybridized carbons (Fsp3) is 0.154. The van der Waals surface area contributed by atoms with Crippen molar-refractivity contribution < 1.29 is 24.2 Å². The number of hydrogen-bond donors (Lipinski definition) is 1. The second-order valence-corrected chi connectivity index (χ2v) is 3.88. The van der Waals surface area contributed by atoms with Crippen LogP contribution in [0.5, 0.6) is 11.5 Å². The standard InChI is InChI=1S/C13H12N2O5/c1-15-9(7-8(14-15)12(16)17)13(18)20-11-6-4-3-5-10(11)19-2/h3-7H,1-2H3,(H,16,17). The Morgan fingerprint density at radius 2 is 1.90 bits per heavy atom. The predicted molar refractivity (Wildman–Crippen MR) is 68.1 cm³/mol. The van der Waals surface area contributed by atoms with E-state index in [1.807, 2.05) is 0 Å². The number of aromatic nitrogens is 2. The summed E-state index contributed by atoms with van der Waals surface area (Å²) in [5.74, 6) is -1.27. The number of rotatable bonds is 4. The Balaban J connectivity index is 2.26. The van der Waals surface area contributed by atoms with Crippen molar-refractivity contribution in [2.24, 2.45) is 7.05 Å². The molecule has 0 aliphatic heterocycles. The van der Waals surface area contributed by atoms with Gasteiger partial charge in [-0.25, -0.2) is 9.59 Å². The van der Waals surface area contributed by atoms with Gasteiger partial charge in [-0.05, 0) is 12.1 Å². The molecule has 104 valence electrons. The molecule has 7 nitrogen and oxygen atoms in total. The van der Waals surface area contributed by atoms with Gasteiger partial charge in [0.1, 0.15) is 5.69 Å². The Bertz CT molecular complexity index is 663.